The molecule has 0 bridgehead atoms. The van der Waals surface area contributed by atoms with Crippen molar-refractivity contribution in [1.82, 2.24) is 20.1 Å². The maximum absolute atomic E-state index is 13.3. The highest BCUT2D eigenvalue weighted by Gasteiger charge is 2.32. The van der Waals surface area contributed by atoms with E-state index in [-0.39, 0.29) is 44.1 Å². The molecule has 0 radical (unpaired) electrons. The highest BCUT2D eigenvalue weighted by Crippen LogP contribution is 2.41. The fourth-order valence-electron chi connectivity index (χ4n) is 4.38. The van der Waals surface area contributed by atoms with Crippen molar-refractivity contribution in [2.45, 2.75) is 44.6 Å². The Hall–Kier alpha value is -3.95. The number of piperazine rings is 1. The summed E-state index contributed by atoms with van der Waals surface area (Å²) < 4.78 is 5.02. The van der Waals surface area contributed by atoms with Crippen LogP contribution in [0.25, 0.3) is 11.3 Å². The average Bonchev–Trinajstić information content (AvgIpc) is 3.77. The number of carbonyl (C=O) groups excluding carboxylic acids is 3. The third-order valence-corrected chi connectivity index (χ3v) is 6.57. The number of benzene rings is 1. The van der Waals surface area contributed by atoms with Crippen LogP contribution < -0.4 is 5.32 Å². The number of aliphatic carboxylic acids is 1. The standard InChI is InChI=1S/C27H32N4O6/c1-2-37-27(36)31-14-12-30(13-15-31)26(35)21(10-11-24(32)33)29-25(34)23-17-20(18-8-9-18)16-22(28-23)19-6-4-3-5-7-19/h3-7,16-18,21H,2,8-15H2,1H3,(H,29,34)(H,32,33)/t21-/m0/s1. The van der Waals surface area contributed by atoms with Crippen LogP contribution in [0.2, 0.25) is 0 Å². The van der Waals surface area contributed by atoms with Gasteiger partial charge >= 0.3 is 12.1 Å². The lowest BCUT2D eigenvalue weighted by Crippen LogP contribution is -2.56. The van der Waals surface area contributed by atoms with Gasteiger partial charge in [-0.05, 0) is 49.8 Å². The molecule has 1 saturated heterocycles. The number of aromatic nitrogens is 1. The Labute approximate surface area is 215 Å². The van der Waals surface area contributed by atoms with Gasteiger partial charge in [-0.3, -0.25) is 14.4 Å². The van der Waals surface area contributed by atoms with Crippen molar-refractivity contribution in [3.8, 4) is 11.3 Å². The van der Waals surface area contributed by atoms with Crippen LogP contribution in [0.4, 0.5) is 4.79 Å². The van der Waals surface area contributed by atoms with Crippen molar-refractivity contribution in [3.63, 3.8) is 0 Å². The van der Waals surface area contributed by atoms with Crippen molar-refractivity contribution in [2.24, 2.45) is 0 Å². The van der Waals surface area contributed by atoms with E-state index < -0.39 is 24.0 Å². The highest BCUT2D eigenvalue weighted by molar-refractivity contribution is 5.97. The summed E-state index contributed by atoms with van der Waals surface area (Å²) in [5.41, 5.74) is 2.79. The SMILES string of the molecule is CCOC(=O)N1CCN(C(=O)[C@H](CCC(=O)O)NC(=O)c2cc(C3CC3)cc(-c3ccccc3)n2)CC1. The number of carbonyl (C=O) groups is 4. The van der Waals surface area contributed by atoms with E-state index in [4.69, 9.17) is 4.74 Å². The summed E-state index contributed by atoms with van der Waals surface area (Å²) in [6.45, 7) is 3.13. The zero-order valence-corrected chi connectivity index (χ0v) is 20.9. The fraction of sp³-hybridized carbons (Fsp3) is 0.444. The van der Waals surface area contributed by atoms with Gasteiger partial charge in [-0.25, -0.2) is 9.78 Å². The molecule has 2 heterocycles. The molecule has 2 N–H and O–H groups in total. The second-order valence-electron chi connectivity index (χ2n) is 9.28. The second-order valence-corrected chi connectivity index (χ2v) is 9.28. The summed E-state index contributed by atoms with van der Waals surface area (Å²) in [6, 6.07) is 12.3. The van der Waals surface area contributed by atoms with E-state index in [9.17, 15) is 24.3 Å². The fourth-order valence-corrected chi connectivity index (χ4v) is 4.38. The van der Waals surface area contributed by atoms with Gasteiger partial charge in [-0.1, -0.05) is 30.3 Å². The molecule has 37 heavy (non-hydrogen) atoms. The zero-order chi connectivity index (χ0) is 26.4. The predicted molar refractivity (Wildman–Crippen MR) is 135 cm³/mol. The predicted octanol–water partition coefficient (Wildman–Crippen LogP) is 2.89. The molecule has 3 amide bonds. The first-order valence-electron chi connectivity index (χ1n) is 12.7. The lowest BCUT2D eigenvalue weighted by atomic mass is 10.0. The number of hydrogen-bond acceptors (Lipinski definition) is 6. The number of hydrogen-bond donors (Lipinski definition) is 2. The topological polar surface area (TPSA) is 129 Å². The summed E-state index contributed by atoms with van der Waals surface area (Å²) in [5.74, 6) is -1.56. The first-order chi connectivity index (χ1) is 17.9. The van der Waals surface area contributed by atoms with Crippen LogP contribution in [0.5, 0.6) is 0 Å². The molecular weight excluding hydrogens is 476 g/mol. The Morgan fingerprint density at radius 2 is 1.73 bits per heavy atom. The molecule has 196 valence electrons. The molecule has 10 nitrogen and oxygen atoms in total. The summed E-state index contributed by atoms with van der Waals surface area (Å²) in [7, 11) is 0. The minimum atomic E-state index is -1.06. The number of nitrogens with zero attached hydrogens (tertiary/aromatic N) is 3. The quantitative estimate of drug-likeness (QED) is 0.533. The number of nitrogens with one attached hydrogen (secondary N) is 1. The molecule has 1 aromatic carbocycles. The van der Waals surface area contributed by atoms with Gasteiger partial charge in [-0.2, -0.15) is 0 Å². The van der Waals surface area contributed by atoms with Crippen LogP contribution in [0.1, 0.15) is 54.6 Å². The van der Waals surface area contributed by atoms with E-state index in [0.717, 1.165) is 24.0 Å². The number of amides is 3. The second kappa shape index (κ2) is 11.9. The summed E-state index contributed by atoms with van der Waals surface area (Å²) in [4.78, 5) is 57.5. The Morgan fingerprint density at radius 1 is 1.05 bits per heavy atom. The van der Waals surface area contributed by atoms with E-state index in [1.807, 2.05) is 36.4 Å². The zero-order valence-electron chi connectivity index (χ0n) is 20.9. The normalized spacial score (nSPS) is 16.1. The van der Waals surface area contributed by atoms with E-state index in [1.165, 1.54) is 4.90 Å². The van der Waals surface area contributed by atoms with Gasteiger partial charge in [0.15, 0.2) is 0 Å². The van der Waals surface area contributed by atoms with Gasteiger partial charge in [0.1, 0.15) is 11.7 Å². The monoisotopic (exact) mass is 508 g/mol. The average molecular weight is 509 g/mol. The molecule has 2 aliphatic rings. The molecule has 4 rings (SSSR count). The van der Waals surface area contributed by atoms with Gasteiger partial charge in [0.25, 0.3) is 5.91 Å². The molecule has 1 aliphatic heterocycles. The minimum absolute atomic E-state index is 0.0497. The number of carboxylic acids is 1. The molecule has 1 atom stereocenters. The smallest absolute Gasteiger partial charge is 0.409 e. The largest absolute Gasteiger partial charge is 0.481 e. The lowest BCUT2D eigenvalue weighted by molar-refractivity contribution is -0.138. The van der Waals surface area contributed by atoms with Crippen LogP contribution in [0.15, 0.2) is 42.5 Å². The number of rotatable bonds is 9. The molecule has 0 unspecified atom stereocenters. The van der Waals surface area contributed by atoms with Gasteiger partial charge in [-0.15, -0.1) is 0 Å². The van der Waals surface area contributed by atoms with E-state index in [0.29, 0.717) is 24.7 Å². The first-order valence-corrected chi connectivity index (χ1v) is 12.7. The third-order valence-electron chi connectivity index (χ3n) is 6.57. The lowest BCUT2D eigenvalue weighted by Gasteiger charge is -2.35. The molecule has 1 aliphatic carbocycles. The summed E-state index contributed by atoms with van der Waals surface area (Å²) in [6.07, 6.45) is 1.35. The van der Waals surface area contributed by atoms with Crippen molar-refractivity contribution in [1.29, 1.82) is 0 Å². The van der Waals surface area contributed by atoms with Crippen molar-refractivity contribution >= 4 is 23.9 Å². The number of pyridine rings is 1. The summed E-state index contributed by atoms with van der Waals surface area (Å²) in [5, 5.41) is 12.0. The maximum Gasteiger partial charge on any atom is 0.409 e. The Morgan fingerprint density at radius 3 is 2.35 bits per heavy atom. The van der Waals surface area contributed by atoms with E-state index in [2.05, 4.69) is 10.3 Å². The Kier molecular flexibility index (Phi) is 8.37. The molecule has 1 aromatic heterocycles. The van der Waals surface area contributed by atoms with Crippen LogP contribution in [0, 0.1) is 0 Å². The summed E-state index contributed by atoms with van der Waals surface area (Å²) >= 11 is 0. The van der Waals surface area contributed by atoms with Crippen molar-refractivity contribution in [2.75, 3.05) is 32.8 Å². The van der Waals surface area contributed by atoms with Gasteiger partial charge in [0.2, 0.25) is 5.91 Å². The van der Waals surface area contributed by atoms with E-state index in [1.54, 1.807) is 17.9 Å². The molecular formula is C27H32N4O6. The molecule has 2 aromatic rings. The molecule has 10 heteroatoms. The van der Waals surface area contributed by atoms with Crippen LogP contribution in [-0.2, 0) is 14.3 Å². The van der Waals surface area contributed by atoms with Crippen molar-refractivity contribution in [3.05, 3.63) is 53.7 Å². The molecule has 0 spiro atoms. The molecule has 2 fully saturated rings. The van der Waals surface area contributed by atoms with Crippen LogP contribution in [0.3, 0.4) is 0 Å². The molecule has 1 saturated carbocycles. The highest BCUT2D eigenvalue weighted by atomic mass is 16.6. The Balaban J connectivity index is 1.50. The van der Waals surface area contributed by atoms with Crippen molar-refractivity contribution < 1.29 is 29.0 Å². The van der Waals surface area contributed by atoms with Crippen LogP contribution >= 0.6 is 0 Å². The third kappa shape index (κ3) is 6.84. The first kappa shape index (κ1) is 26.1. The maximum atomic E-state index is 13.3. The van der Waals surface area contributed by atoms with E-state index >= 15 is 0 Å². The minimum Gasteiger partial charge on any atom is -0.481 e. The Bertz CT molecular complexity index is 1140. The van der Waals surface area contributed by atoms with Crippen LogP contribution in [-0.4, -0.2) is 82.6 Å². The van der Waals surface area contributed by atoms with Gasteiger partial charge < -0.3 is 25.0 Å². The number of ether oxygens (including phenoxy) is 1. The number of carboxylic acid groups (broad SMARTS) is 1. The van der Waals surface area contributed by atoms with Gasteiger partial charge in [0.05, 0.1) is 12.3 Å². The van der Waals surface area contributed by atoms with Gasteiger partial charge in [0, 0.05) is 38.2 Å².